The molecule has 1 aliphatic rings. The van der Waals surface area contributed by atoms with Gasteiger partial charge in [-0.2, -0.15) is 0 Å². The molecule has 1 N–H and O–H groups in total. The lowest BCUT2D eigenvalue weighted by atomic mass is 9.92. The SMILES string of the molecule is CCN1CCC(CC(=O)N[C@H](c2ccc(Cl)cc2)c2cccnc2)CC1. The Morgan fingerprint density at radius 2 is 1.96 bits per heavy atom. The van der Waals surface area contributed by atoms with Crippen LogP contribution >= 0.6 is 11.6 Å². The fourth-order valence-corrected chi connectivity index (χ4v) is 3.68. The van der Waals surface area contributed by atoms with Crippen molar-refractivity contribution >= 4 is 17.5 Å². The van der Waals surface area contributed by atoms with Crippen molar-refractivity contribution < 1.29 is 4.79 Å². The zero-order valence-corrected chi connectivity index (χ0v) is 16.0. The normalized spacial score (nSPS) is 17.0. The first-order valence-electron chi connectivity index (χ1n) is 9.33. The van der Waals surface area contributed by atoms with E-state index in [1.165, 1.54) is 0 Å². The lowest BCUT2D eigenvalue weighted by Gasteiger charge is -2.31. The number of benzene rings is 1. The maximum absolute atomic E-state index is 12.7. The van der Waals surface area contributed by atoms with Crippen LogP contribution in [0.5, 0.6) is 0 Å². The zero-order valence-electron chi connectivity index (χ0n) is 15.2. The molecule has 2 aromatic rings. The molecule has 1 atom stereocenters. The molecular formula is C21H26ClN3O. The molecule has 1 fully saturated rings. The predicted molar refractivity (Wildman–Crippen MR) is 105 cm³/mol. The largest absolute Gasteiger partial charge is 0.345 e. The second-order valence-electron chi connectivity index (χ2n) is 6.92. The number of nitrogens with one attached hydrogen (secondary N) is 1. The molecule has 1 aromatic carbocycles. The van der Waals surface area contributed by atoms with Gasteiger partial charge >= 0.3 is 0 Å². The van der Waals surface area contributed by atoms with E-state index in [2.05, 4.69) is 22.1 Å². The molecule has 2 heterocycles. The summed E-state index contributed by atoms with van der Waals surface area (Å²) in [5.74, 6) is 0.571. The number of pyridine rings is 1. The monoisotopic (exact) mass is 371 g/mol. The van der Waals surface area contributed by atoms with Gasteiger partial charge in [-0.25, -0.2) is 0 Å². The van der Waals surface area contributed by atoms with Gasteiger partial charge in [0.2, 0.25) is 5.91 Å². The molecule has 1 aromatic heterocycles. The van der Waals surface area contributed by atoms with Crippen LogP contribution in [0.2, 0.25) is 5.02 Å². The second kappa shape index (κ2) is 9.15. The number of nitrogens with zero attached hydrogens (tertiary/aromatic N) is 2. The maximum atomic E-state index is 12.7. The van der Waals surface area contributed by atoms with Crippen LogP contribution in [0.1, 0.15) is 43.4 Å². The molecule has 0 spiro atoms. The van der Waals surface area contributed by atoms with Gasteiger partial charge in [0.05, 0.1) is 6.04 Å². The summed E-state index contributed by atoms with van der Waals surface area (Å²) in [7, 11) is 0. The molecule has 0 aliphatic carbocycles. The molecule has 3 rings (SSSR count). The van der Waals surface area contributed by atoms with E-state index in [1.54, 1.807) is 12.4 Å². The zero-order chi connectivity index (χ0) is 18.4. The molecule has 1 aliphatic heterocycles. The van der Waals surface area contributed by atoms with Gasteiger partial charge in [-0.15, -0.1) is 0 Å². The first-order chi connectivity index (χ1) is 12.7. The average molecular weight is 372 g/mol. The minimum Gasteiger partial charge on any atom is -0.345 e. The Labute approximate surface area is 160 Å². The van der Waals surface area contributed by atoms with Crippen LogP contribution in [-0.2, 0) is 4.79 Å². The van der Waals surface area contributed by atoms with Gasteiger partial charge in [0.25, 0.3) is 0 Å². The van der Waals surface area contributed by atoms with Gasteiger partial charge in [0.1, 0.15) is 0 Å². The Morgan fingerprint density at radius 1 is 1.23 bits per heavy atom. The quantitative estimate of drug-likeness (QED) is 0.832. The standard InChI is InChI=1S/C21H26ClN3O/c1-2-25-12-9-16(10-13-25)14-20(26)24-21(18-4-3-11-23-15-18)17-5-7-19(22)8-6-17/h3-8,11,15-16,21H,2,9-10,12-14H2,1H3,(H,24,26)/t21-/m1/s1. The van der Waals surface area contributed by atoms with Gasteiger partial charge in [0, 0.05) is 23.8 Å². The highest BCUT2D eigenvalue weighted by molar-refractivity contribution is 6.30. The van der Waals surface area contributed by atoms with E-state index in [1.807, 2.05) is 36.4 Å². The number of amides is 1. The molecule has 0 bridgehead atoms. The number of carbonyl (C=O) groups is 1. The molecule has 4 nitrogen and oxygen atoms in total. The van der Waals surface area contributed by atoms with E-state index in [-0.39, 0.29) is 11.9 Å². The molecule has 138 valence electrons. The minimum atomic E-state index is -0.204. The maximum Gasteiger partial charge on any atom is 0.221 e. The van der Waals surface area contributed by atoms with Crippen molar-refractivity contribution in [1.82, 2.24) is 15.2 Å². The van der Waals surface area contributed by atoms with Gasteiger partial charge in [0.15, 0.2) is 0 Å². The number of hydrogen-bond acceptors (Lipinski definition) is 3. The molecule has 1 amide bonds. The number of likely N-dealkylation sites (tertiary alicyclic amines) is 1. The van der Waals surface area contributed by atoms with Gasteiger partial charge in [-0.05, 0) is 67.7 Å². The van der Waals surface area contributed by atoms with Gasteiger partial charge in [-0.1, -0.05) is 36.7 Å². The van der Waals surface area contributed by atoms with Crippen LogP contribution in [0.3, 0.4) is 0 Å². The highest BCUT2D eigenvalue weighted by Gasteiger charge is 2.23. The van der Waals surface area contributed by atoms with Crippen LogP contribution in [0.4, 0.5) is 0 Å². The highest BCUT2D eigenvalue weighted by atomic mass is 35.5. The fourth-order valence-electron chi connectivity index (χ4n) is 3.55. The van der Waals surface area contributed by atoms with Crippen molar-refractivity contribution in [2.75, 3.05) is 19.6 Å². The molecule has 0 radical (unpaired) electrons. The van der Waals surface area contributed by atoms with Crippen LogP contribution in [0.25, 0.3) is 0 Å². The van der Waals surface area contributed by atoms with E-state index < -0.39 is 0 Å². The summed E-state index contributed by atoms with van der Waals surface area (Å²) in [5, 5.41) is 3.89. The van der Waals surface area contributed by atoms with E-state index >= 15 is 0 Å². The smallest absolute Gasteiger partial charge is 0.221 e. The van der Waals surface area contributed by atoms with E-state index in [9.17, 15) is 4.79 Å². The van der Waals surface area contributed by atoms with E-state index in [4.69, 9.17) is 11.6 Å². The number of rotatable bonds is 6. The number of carbonyl (C=O) groups excluding carboxylic acids is 1. The summed E-state index contributed by atoms with van der Waals surface area (Å²) < 4.78 is 0. The first-order valence-corrected chi connectivity index (χ1v) is 9.70. The Morgan fingerprint density at radius 3 is 2.58 bits per heavy atom. The van der Waals surface area contributed by atoms with Crippen molar-refractivity contribution in [2.45, 2.75) is 32.2 Å². The molecule has 1 saturated heterocycles. The predicted octanol–water partition coefficient (Wildman–Crippen LogP) is 4.06. The van der Waals surface area contributed by atoms with Crippen LogP contribution in [0, 0.1) is 5.92 Å². The first kappa shape index (κ1) is 18.9. The number of aromatic nitrogens is 1. The van der Waals surface area contributed by atoms with Crippen molar-refractivity contribution in [2.24, 2.45) is 5.92 Å². The fraction of sp³-hybridized carbons (Fsp3) is 0.429. The minimum absolute atomic E-state index is 0.101. The molecular weight excluding hydrogens is 346 g/mol. The average Bonchev–Trinajstić information content (AvgIpc) is 2.68. The summed E-state index contributed by atoms with van der Waals surface area (Å²) in [6.45, 7) is 5.48. The topological polar surface area (TPSA) is 45.2 Å². The third-order valence-electron chi connectivity index (χ3n) is 5.15. The van der Waals surface area contributed by atoms with Crippen LogP contribution < -0.4 is 5.32 Å². The summed E-state index contributed by atoms with van der Waals surface area (Å²) >= 11 is 6.02. The summed E-state index contributed by atoms with van der Waals surface area (Å²) in [6, 6.07) is 11.3. The summed E-state index contributed by atoms with van der Waals surface area (Å²) in [6.07, 6.45) is 6.33. The van der Waals surface area contributed by atoms with Gasteiger partial charge in [-0.3, -0.25) is 9.78 Å². The number of piperidine rings is 1. The number of halogens is 1. The lowest BCUT2D eigenvalue weighted by Crippen LogP contribution is -2.36. The van der Waals surface area contributed by atoms with Gasteiger partial charge < -0.3 is 10.2 Å². The molecule has 0 saturated carbocycles. The third-order valence-corrected chi connectivity index (χ3v) is 5.41. The van der Waals surface area contributed by atoms with Crippen LogP contribution in [-0.4, -0.2) is 35.4 Å². The Hall–Kier alpha value is -1.91. The van der Waals surface area contributed by atoms with E-state index in [0.29, 0.717) is 17.4 Å². The molecule has 5 heteroatoms. The Bertz CT molecular complexity index is 697. The van der Waals surface area contributed by atoms with E-state index in [0.717, 1.165) is 43.6 Å². The highest BCUT2D eigenvalue weighted by Crippen LogP contribution is 2.25. The lowest BCUT2D eigenvalue weighted by molar-refractivity contribution is -0.122. The number of hydrogen-bond donors (Lipinski definition) is 1. The van der Waals surface area contributed by atoms with Crippen molar-refractivity contribution in [3.05, 3.63) is 64.9 Å². The van der Waals surface area contributed by atoms with Crippen molar-refractivity contribution in [3.8, 4) is 0 Å². The van der Waals surface area contributed by atoms with Crippen molar-refractivity contribution in [3.63, 3.8) is 0 Å². The summed E-state index contributed by atoms with van der Waals surface area (Å²) in [5.41, 5.74) is 1.99. The molecule has 26 heavy (non-hydrogen) atoms. The molecule has 0 unspecified atom stereocenters. The third kappa shape index (κ3) is 5.05. The van der Waals surface area contributed by atoms with Crippen molar-refractivity contribution in [1.29, 1.82) is 0 Å². The summed E-state index contributed by atoms with van der Waals surface area (Å²) in [4.78, 5) is 19.4. The second-order valence-corrected chi connectivity index (χ2v) is 7.36. The Kier molecular flexibility index (Phi) is 6.64. The Balaban J connectivity index is 1.68. The van der Waals surface area contributed by atoms with Crippen LogP contribution in [0.15, 0.2) is 48.8 Å².